The molecule has 0 saturated heterocycles. The first-order valence-corrected chi connectivity index (χ1v) is 12.6. The number of rotatable bonds is 20. The van der Waals surface area contributed by atoms with Crippen molar-refractivity contribution in [2.24, 2.45) is 0 Å². The van der Waals surface area contributed by atoms with Gasteiger partial charge in [-0.15, -0.1) is 0 Å². The van der Waals surface area contributed by atoms with Gasteiger partial charge in [0.05, 0.1) is 12.7 Å². The molecule has 1 aromatic carbocycles. The molecule has 0 radical (unpaired) electrons. The van der Waals surface area contributed by atoms with Crippen LogP contribution in [-0.4, -0.2) is 29.3 Å². The van der Waals surface area contributed by atoms with Crippen molar-refractivity contribution in [1.29, 1.82) is 0 Å². The van der Waals surface area contributed by atoms with Gasteiger partial charge in [-0.25, -0.2) is 0 Å². The third-order valence-electron chi connectivity index (χ3n) is 5.77. The number of hydrogen-bond donors (Lipinski definition) is 1. The lowest BCUT2D eigenvalue weighted by molar-refractivity contribution is -0.149. The third kappa shape index (κ3) is 15.9. The standard InChI is InChI=1S/C27H44O5/c1-3-4-17-25(31-22-24-15-11-10-12-16-24)18-13-8-6-5-7-9-14-19-26(32-23(2)28)20-21-27(29)30/h10-12,15-16,25-26H,3-9,13-14,17-22H2,1-2H3,(H,29,30). The van der Waals surface area contributed by atoms with Crippen molar-refractivity contribution in [3.05, 3.63) is 35.9 Å². The number of carbonyl (C=O) groups excluding carboxylic acids is 1. The Kier molecular flexibility index (Phi) is 16.4. The molecule has 2 atom stereocenters. The summed E-state index contributed by atoms with van der Waals surface area (Å²) in [6.45, 7) is 4.32. The van der Waals surface area contributed by atoms with E-state index in [1.165, 1.54) is 57.4 Å². The molecule has 0 amide bonds. The predicted molar refractivity (Wildman–Crippen MR) is 129 cm³/mol. The monoisotopic (exact) mass is 448 g/mol. The second-order valence-corrected chi connectivity index (χ2v) is 8.78. The number of aliphatic carboxylic acids is 1. The van der Waals surface area contributed by atoms with Crippen molar-refractivity contribution in [3.8, 4) is 0 Å². The Bertz CT molecular complexity index is 601. The Balaban J connectivity index is 2.11. The molecule has 0 fully saturated rings. The van der Waals surface area contributed by atoms with Crippen molar-refractivity contribution in [2.45, 2.75) is 123 Å². The Morgan fingerprint density at radius 2 is 1.38 bits per heavy atom. The van der Waals surface area contributed by atoms with Gasteiger partial charge in [-0.2, -0.15) is 0 Å². The summed E-state index contributed by atoms with van der Waals surface area (Å²) < 4.78 is 11.4. The number of unbranched alkanes of at least 4 members (excludes halogenated alkanes) is 7. The minimum Gasteiger partial charge on any atom is -0.481 e. The lowest BCUT2D eigenvalue weighted by Crippen LogP contribution is -2.17. The third-order valence-corrected chi connectivity index (χ3v) is 5.77. The molecule has 32 heavy (non-hydrogen) atoms. The first-order valence-electron chi connectivity index (χ1n) is 12.6. The molecule has 1 rings (SSSR count). The number of carboxylic acids is 1. The lowest BCUT2D eigenvalue weighted by atomic mass is 10.0. The SMILES string of the molecule is CCCCC(CCCCCCCCCC(CCC(=O)O)OC(C)=O)OCc1ccccc1. The van der Waals surface area contributed by atoms with Crippen LogP contribution in [0.25, 0.3) is 0 Å². The molecular weight excluding hydrogens is 404 g/mol. The van der Waals surface area contributed by atoms with Crippen molar-refractivity contribution in [1.82, 2.24) is 0 Å². The van der Waals surface area contributed by atoms with Crippen LogP contribution in [0, 0.1) is 0 Å². The maximum atomic E-state index is 11.2. The number of esters is 1. The molecule has 1 N–H and O–H groups in total. The summed E-state index contributed by atoms with van der Waals surface area (Å²) in [4.78, 5) is 21.9. The van der Waals surface area contributed by atoms with Crippen LogP contribution in [0.5, 0.6) is 0 Å². The second-order valence-electron chi connectivity index (χ2n) is 8.78. The van der Waals surface area contributed by atoms with Gasteiger partial charge in [-0.05, 0) is 37.7 Å². The number of benzene rings is 1. The summed E-state index contributed by atoms with van der Waals surface area (Å²) in [6, 6.07) is 10.4. The first-order chi connectivity index (χ1) is 15.5. The molecule has 0 bridgehead atoms. The summed E-state index contributed by atoms with van der Waals surface area (Å²) >= 11 is 0. The molecule has 182 valence electrons. The molecule has 0 aliphatic carbocycles. The maximum absolute atomic E-state index is 11.2. The molecule has 1 aromatic rings. The highest BCUT2D eigenvalue weighted by Gasteiger charge is 2.13. The molecule has 0 heterocycles. The highest BCUT2D eigenvalue weighted by Crippen LogP contribution is 2.18. The minimum atomic E-state index is -0.843. The van der Waals surface area contributed by atoms with E-state index in [4.69, 9.17) is 14.6 Å². The smallest absolute Gasteiger partial charge is 0.303 e. The van der Waals surface area contributed by atoms with Crippen LogP contribution in [0.15, 0.2) is 30.3 Å². The fourth-order valence-corrected chi connectivity index (χ4v) is 3.94. The largest absolute Gasteiger partial charge is 0.481 e. The summed E-state index contributed by atoms with van der Waals surface area (Å²) in [5.74, 6) is -1.17. The summed E-state index contributed by atoms with van der Waals surface area (Å²) in [6.07, 6.45) is 14.2. The van der Waals surface area contributed by atoms with E-state index in [0.717, 1.165) is 32.1 Å². The van der Waals surface area contributed by atoms with Gasteiger partial charge in [0, 0.05) is 13.3 Å². The fraction of sp³-hybridized carbons (Fsp3) is 0.704. The highest BCUT2D eigenvalue weighted by molar-refractivity contribution is 5.67. The molecule has 2 unspecified atom stereocenters. The van der Waals surface area contributed by atoms with E-state index in [1.54, 1.807) is 0 Å². The minimum absolute atomic E-state index is 0.0479. The Labute approximate surface area is 194 Å². The van der Waals surface area contributed by atoms with Gasteiger partial charge in [0.2, 0.25) is 0 Å². The van der Waals surface area contributed by atoms with Gasteiger partial charge < -0.3 is 14.6 Å². The molecule has 0 aliphatic heterocycles. The normalized spacial score (nSPS) is 12.9. The van der Waals surface area contributed by atoms with Crippen molar-refractivity contribution >= 4 is 11.9 Å². The zero-order valence-corrected chi connectivity index (χ0v) is 20.2. The van der Waals surface area contributed by atoms with E-state index in [0.29, 0.717) is 19.1 Å². The van der Waals surface area contributed by atoms with Crippen molar-refractivity contribution in [3.63, 3.8) is 0 Å². The van der Waals surface area contributed by atoms with Crippen molar-refractivity contribution in [2.75, 3.05) is 0 Å². The predicted octanol–water partition coefficient (Wildman–Crippen LogP) is 7.07. The van der Waals surface area contributed by atoms with Gasteiger partial charge >= 0.3 is 11.9 Å². The van der Waals surface area contributed by atoms with E-state index in [-0.39, 0.29) is 18.5 Å². The van der Waals surface area contributed by atoms with Gasteiger partial charge in [0.25, 0.3) is 0 Å². The Morgan fingerprint density at radius 1 is 0.812 bits per heavy atom. The van der Waals surface area contributed by atoms with E-state index in [1.807, 2.05) is 6.07 Å². The molecule has 0 saturated carbocycles. The van der Waals surface area contributed by atoms with Crippen LogP contribution < -0.4 is 0 Å². The zero-order valence-electron chi connectivity index (χ0n) is 20.2. The molecule has 5 heteroatoms. The van der Waals surface area contributed by atoms with Crippen LogP contribution in [-0.2, 0) is 25.7 Å². The molecular formula is C27H44O5. The molecule has 0 aromatic heterocycles. The number of carboxylic acid groups (broad SMARTS) is 1. The van der Waals surface area contributed by atoms with E-state index < -0.39 is 5.97 Å². The number of hydrogen-bond acceptors (Lipinski definition) is 4. The van der Waals surface area contributed by atoms with Gasteiger partial charge in [0.1, 0.15) is 6.10 Å². The Hall–Kier alpha value is -1.88. The fourth-order valence-electron chi connectivity index (χ4n) is 3.94. The summed E-state index contributed by atoms with van der Waals surface area (Å²) in [5, 5.41) is 8.82. The lowest BCUT2D eigenvalue weighted by Gasteiger charge is -2.18. The van der Waals surface area contributed by atoms with Crippen LogP contribution >= 0.6 is 0 Å². The summed E-state index contributed by atoms with van der Waals surface area (Å²) in [5.41, 5.74) is 1.24. The molecule has 0 spiro atoms. The van der Waals surface area contributed by atoms with Gasteiger partial charge in [-0.1, -0.05) is 88.6 Å². The van der Waals surface area contributed by atoms with E-state index in [9.17, 15) is 9.59 Å². The second kappa shape index (κ2) is 18.7. The maximum Gasteiger partial charge on any atom is 0.303 e. The average molecular weight is 449 g/mol. The van der Waals surface area contributed by atoms with Crippen LogP contribution in [0.1, 0.15) is 109 Å². The Morgan fingerprint density at radius 3 is 1.94 bits per heavy atom. The number of carbonyl (C=O) groups is 2. The van der Waals surface area contributed by atoms with Crippen LogP contribution in [0.4, 0.5) is 0 Å². The van der Waals surface area contributed by atoms with Crippen molar-refractivity contribution < 1.29 is 24.2 Å². The van der Waals surface area contributed by atoms with E-state index in [2.05, 4.69) is 31.2 Å². The zero-order chi connectivity index (χ0) is 23.4. The van der Waals surface area contributed by atoms with Gasteiger partial charge in [0.15, 0.2) is 0 Å². The summed E-state index contributed by atoms with van der Waals surface area (Å²) in [7, 11) is 0. The van der Waals surface area contributed by atoms with Crippen LogP contribution in [0.2, 0.25) is 0 Å². The van der Waals surface area contributed by atoms with Crippen LogP contribution in [0.3, 0.4) is 0 Å². The average Bonchev–Trinajstić information content (AvgIpc) is 2.77. The molecule has 5 nitrogen and oxygen atoms in total. The van der Waals surface area contributed by atoms with Gasteiger partial charge in [-0.3, -0.25) is 9.59 Å². The topological polar surface area (TPSA) is 72.8 Å². The number of ether oxygens (including phenoxy) is 2. The van der Waals surface area contributed by atoms with E-state index >= 15 is 0 Å². The quantitative estimate of drug-likeness (QED) is 0.171. The molecule has 0 aliphatic rings. The highest BCUT2D eigenvalue weighted by atomic mass is 16.5. The first kappa shape index (κ1) is 28.2.